The standard InChI is InChI=1S/C21H16ClN3O7S2/c1-24(14-5-3-4-6-16(14)32-2)34(30,31)11-7-8-12(22)15(9-11)25-19(26)17-13(23-21(25)29)10-33-18(17)20(27)28/h3-10H,1-2H3,(H,23,29)(H,27,28). The van der Waals surface area contributed by atoms with Gasteiger partial charge in [-0.15, -0.1) is 11.3 Å². The predicted octanol–water partition coefficient (Wildman–Crippen LogP) is 2.93. The van der Waals surface area contributed by atoms with Crippen molar-refractivity contribution in [3.05, 3.63) is 78.6 Å². The number of carboxylic acids is 1. The molecule has 0 aliphatic rings. The number of thiophene rings is 1. The van der Waals surface area contributed by atoms with Crippen LogP contribution >= 0.6 is 22.9 Å². The number of carbonyl (C=O) groups is 1. The monoisotopic (exact) mass is 521 g/mol. The highest BCUT2D eigenvalue weighted by Gasteiger charge is 2.26. The van der Waals surface area contributed by atoms with Crippen molar-refractivity contribution in [3.8, 4) is 11.4 Å². The number of methoxy groups -OCH3 is 1. The number of halogens is 1. The van der Waals surface area contributed by atoms with Gasteiger partial charge >= 0.3 is 11.7 Å². The van der Waals surface area contributed by atoms with E-state index in [1.54, 1.807) is 24.3 Å². The summed E-state index contributed by atoms with van der Waals surface area (Å²) in [6.07, 6.45) is 0. The highest BCUT2D eigenvalue weighted by Crippen LogP contribution is 2.32. The van der Waals surface area contributed by atoms with Gasteiger partial charge in [-0.25, -0.2) is 22.6 Å². The Morgan fingerprint density at radius 3 is 2.59 bits per heavy atom. The summed E-state index contributed by atoms with van der Waals surface area (Å²) in [5, 5.41) is 10.4. The van der Waals surface area contributed by atoms with Crippen molar-refractivity contribution < 1.29 is 23.1 Å². The number of nitrogens with zero attached hydrogens (tertiary/aromatic N) is 2. The van der Waals surface area contributed by atoms with Crippen LogP contribution < -0.4 is 20.3 Å². The van der Waals surface area contributed by atoms with Crippen molar-refractivity contribution in [2.24, 2.45) is 0 Å². The smallest absolute Gasteiger partial charge is 0.346 e. The zero-order valence-corrected chi connectivity index (χ0v) is 20.0. The number of nitrogens with one attached hydrogen (secondary N) is 1. The molecule has 13 heteroatoms. The number of H-pyrrole nitrogens is 1. The zero-order valence-electron chi connectivity index (χ0n) is 17.6. The summed E-state index contributed by atoms with van der Waals surface area (Å²) in [5.41, 5.74) is -1.73. The molecule has 2 aromatic heterocycles. The van der Waals surface area contributed by atoms with Crippen molar-refractivity contribution in [1.29, 1.82) is 0 Å². The Bertz CT molecular complexity index is 1670. The molecule has 0 saturated heterocycles. The number of fused-ring (bicyclic) bond motifs is 1. The van der Waals surface area contributed by atoms with E-state index in [4.69, 9.17) is 16.3 Å². The van der Waals surface area contributed by atoms with Gasteiger partial charge in [-0.2, -0.15) is 0 Å². The molecule has 0 aliphatic carbocycles. The van der Waals surface area contributed by atoms with Crippen molar-refractivity contribution in [2.75, 3.05) is 18.5 Å². The van der Waals surface area contributed by atoms with E-state index in [0.717, 1.165) is 21.7 Å². The summed E-state index contributed by atoms with van der Waals surface area (Å²) in [7, 11) is -1.44. The topological polar surface area (TPSA) is 139 Å². The van der Waals surface area contributed by atoms with Crippen LogP contribution in [0.5, 0.6) is 5.75 Å². The van der Waals surface area contributed by atoms with E-state index < -0.39 is 27.2 Å². The first-order chi connectivity index (χ1) is 16.1. The largest absolute Gasteiger partial charge is 0.495 e. The van der Waals surface area contributed by atoms with Crippen LogP contribution in [0.25, 0.3) is 16.6 Å². The van der Waals surface area contributed by atoms with Crippen molar-refractivity contribution in [2.45, 2.75) is 4.90 Å². The Morgan fingerprint density at radius 2 is 1.91 bits per heavy atom. The quantitative estimate of drug-likeness (QED) is 0.397. The van der Waals surface area contributed by atoms with E-state index in [0.29, 0.717) is 10.3 Å². The molecule has 4 rings (SSSR count). The highest BCUT2D eigenvalue weighted by atomic mass is 35.5. The van der Waals surface area contributed by atoms with Gasteiger partial charge in [0.05, 0.1) is 39.3 Å². The second kappa shape index (κ2) is 8.63. The number of para-hydroxylation sites is 2. The maximum absolute atomic E-state index is 13.4. The molecular weight excluding hydrogens is 506 g/mol. The Morgan fingerprint density at radius 1 is 1.21 bits per heavy atom. The number of benzene rings is 2. The normalized spacial score (nSPS) is 11.5. The van der Waals surface area contributed by atoms with Gasteiger partial charge in [0.1, 0.15) is 10.6 Å². The first-order valence-corrected chi connectivity index (χ1v) is 12.2. The van der Waals surface area contributed by atoms with Crippen LogP contribution in [0.2, 0.25) is 5.02 Å². The summed E-state index contributed by atoms with van der Waals surface area (Å²) in [4.78, 5) is 39.3. The third-order valence-corrected chi connectivity index (χ3v) is 8.14. The van der Waals surface area contributed by atoms with Gasteiger partial charge < -0.3 is 14.8 Å². The number of aromatic nitrogens is 2. The van der Waals surface area contributed by atoms with Crippen LogP contribution in [0.3, 0.4) is 0 Å². The fourth-order valence-corrected chi connectivity index (χ4v) is 5.67. The van der Waals surface area contributed by atoms with E-state index >= 15 is 0 Å². The van der Waals surface area contributed by atoms with E-state index in [2.05, 4.69) is 4.98 Å². The number of aromatic carboxylic acids is 1. The molecular formula is C21H16ClN3O7S2. The molecule has 0 bridgehead atoms. The van der Waals surface area contributed by atoms with Gasteiger partial charge in [0, 0.05) is 12.4 Å². The number of carboxylic acid groups (broad SMARTS) is 1. The minimum absolute atomic E-state index is 0.0597. The number of aromatic amines is 1. The molecule has 2 N–H and O–H groups in total. The van der Waals surface area contributed by atoms with Gasteiger partial charge in [0.2, 0.25) is 0 Å². The molecule has 4 aromatic rings. The first-order valence-electron chi connectivity index (χ1n) is 9.49. The van der Waals surface area contributed by atoms with E-state index in [9.17, 15) is 27.9 Å². The lowest BCUT2D eigenvalue weighted by Crippen LogP contribution is -2.34. The molecule has 176 valence electrons. The average Bonchev–Trinajstić information content (AvgIpc) is 3.24. The fourth-order valence-electron chi connectivity index (χ4n) is 3.42. The van der Waals surface area contributed by atoms with Gasteiger partial charge in [-0.1, -0.05) is 23.7 Å². The molecule has 0 saturated carbocycles. The van der Waals surface area contributed by atoms with E-state index in [1.165, 1.54) is 31.7 Å². The van der Waals surface area contributed by atoms with E-state index in [-0.39, 0.29) is 37.1 Å². The predicted molar refractivity (Wildman–Crippen MR) is 129 cm³/mol. The number of sulfonamides is 1. The van der Waals surface area contributed by atoms with Crippen molar-refractivity contribution in [3.63, 3.8) is 0 Å². The maximum Gasteiger partial charge on any atom is 0.346 e. The average molecular weight is 522 g/mol. The Labute approximate surface area is 201 Å². The Kier molecular flexibility index (Phi) is 5.98. The first kappa shape index (κ1) is 23.5. The summed E-state index contributed by atoms with van der Waals surface area (Å²) >= 11 is 7.03. The molecule has 0 unspecified atom stereocenters. The molecule has 2 aromatic carbocycles. The summed E-state index contributed by atoms with van der Waals surface area (Å²) in [6, 6.07) is 10.0. The van der Waals surface area contributed by atoms with Crippen LogP contribution in [-0.2, 0) is 10.0 Å². The third-order valence-electron chi connectivity index (χ3n) is 5.09. The fraction of sp³-hybridized carbons (Fsp3) is 0.0952. The Balaban J connectivity index is 1.93. The number of hydrogen-bond acceptors (Lipinski definition) is 7. The molecule has 0 amide bonds. The van der Waals surface area contributed by atoms with Crippen LogP contribution in [0, 0.1) is 0 Å². The lowest BCUT2D eigenvalue weighted by Gasteiger charge is -2.22. The molecule has 10 nitrogen and oxygen atoms in total. The molecule has 0 radical (unpaired) electrons. The van der Waals surface area contributed by atoms with Crippen LogP contribution in [0.15, 0.2) is 62.3 Å². The minimum Gasteiger partial charge on any atom is -0.495 e. The highest BCUT2D eigenvalue weighted by molar-refractivity contribution is 7.92. The van der Waals surface area contributed by atoms with Gasteiger partial charge in [-0.3, -0.25) is 9.10 Å². The van der Waals surface area contributed by atoms with E-state index in [1.807, 2.05) is 0 Å². The maximum atomic E-state index is 13.4. The molecule has 0 fully saturated rings. The molecule has 0 spiro atoms. The van der Waals surface area contributed by atoms with Gasteiger partial charge in [0.25, 0.3) is 15.6 Å². The number of hydrogen-bond donors (Lipinski definition) is 2. The summed E-state index contributed by atoms with van der Waals surface area (Å²) in [6.45, 7) is 0. The van der Waals surface area contributed by atoms with Gasteiger partial charge in [0.15, 0.2) is 0 Å². The van der Waals surface area contributed by atoms with Gasteiger partial charge in [-0.05, 0) is 30.3 Å². The summed E-state index contributed by atoms with van der Waals surface area (Å²) < 4.78 is 33.6. The van der Waals surface area contributed by atoms with Crippen LogP contribution in [-0.4, -0.2) is 43.2 Å². The van der Waals surface area contributed by atoms with Crippen LogP contribution in [0.4, 0.5) is 5.69 Å². The minimum atomic E-state index is -4.18. The second-order valence-corrected chi connectivity index (χ2v) is 10.2. The van der Waals surface area contributed by atoms with Crippen LogP contribution in [0.1, 0.15) is 9.67 Å². The lowest BCUT2D eigenvalue weighted by atomic mass is 10.2. The number of anilines is 1. The van der Waals surface area contributed by atoms with Crippen molar-refractivity contribution >= 4 is 55.5 Å². The number of ether oxygens (including phenoxy) is 1. The number of rotatable bonds is 6. The van der Waals surface area contributed by atoms with Crippen molar-refractivity contribution in [1.82, 2.24) is 9.55 Å². The summed E-state index contributed by atoms with van der Waals surface area (Å²) in [5.74, 6) is -1.02. The molecule has 0 aliphatic heterocycles. The molecule has 2 heterocycles. The third kappa shape index (κ3) is 3.75. The zero-order chi connectivity index (χ0) is 24.8. The molecule has 0 atom stereocenters. The second-order valence-electron chi connectivity index (χ2n) is 6.99. The SMILES string of the molecule is COc1ccccc1N(C)S(=O)(=O)c1ccc(Cl)c(-n2c(=O)[nH]c3csc(C(=O)O)c3c2=O)c1. The Hall–Kier alpha value is -3.61. The lowest BCUT2D eigenvalue weighted by molar-refractivity contribution is 0.0704. The molecule has 34 heavy (non-hydrogen) atoms.